The first kappa shape index (κ1) is 33.0. The quantitative estimate of drug-likeness (QED) is 0.109. The zero-order valence-electron chi connectivity index (χ0n) is 24.3. The van der Waals surface area contributed by atoms with Crippen LogP contribution < -0.4 is 0 Å². The molecule has 0 aromatic rings. The molecule has 0 spiro atoms. The van der Waals surface area contributed by atoms with Gasteiger partial charge in [-0.15, -0.1) is 0 Å². The SMILES string of the molecule is CCCCCCCCN(CCCCCCCCCC(CC)CCCC)CC(CC)CCCC. The van der Waals surface area contributed by atoms with E-state index in [1.807, 2.05) is 0 Å². The van der Waals surface area contributed by atoms with E-state index in [1.165, 1.54) is 161 Å². The average Bonchev–Trinajstić information content (AvgIpc) is 2.84. The summed E-state index contributed by atoms with van der Waals surface area (Å²) in [5.41, 5.74) is 0. The van der Waals surface area contributed by atoms with Gasteiger partial charge in [0.2, 0.25) is 0 Å². The summed E-state index contributed by atoms with van der Waals surface area (Å²) in [6.07, 6.45) is 31.5. The Morgan fingerprint density at radius 2 is 0.788 bits per heavy atom. The molecule has 0 bridgehead atoms. The highest BCUT2D eigenvalue weighted by atomic mass is 15.1. The summed E-state index contributed by atoms with van der Waals surface area (Å²) in [5, 5.41) is 0. The van der Waals surface area contributed by atoms with Crippen molar-refractivity contribution >= 4 is 0 Å². The van der Waals surface area contributed by atoms with Gasteiger partial charge in [-0.3, -0.25) is 0 Å². The van der Waals surface area contributed by atoms with Crippen LogP contribution in [0.2, 0.25) is 0 Å². The molecule has 0 fully saturated rings. The summed E-state index contributed by atoms with van der Waals surface area (Å²) in [4.78, 5) is 2.85. The Morgan fingerprint density at radius 1 is 0.394 bits per heavy atom. The predicted octanol–water partition coefficient (Wildman–Crippen LogP) is 11.2. The van der Waals surface area contributed by atoms with E-state index in [0.717, 1.165) is 11.8 Å². The van der Waals surface area contributed by atoms with E-state index in [0.29, 0.717) is 0 Å². The molecule has 0 N–H and O–H groups in total. The fraction of sp³-hybridized carbons (Fsp3) is 1.00. The van der Waals surface area contributed by atoms with Gasteiger partial charge >= 0.3 is 0 Å². The standard InChI is InChI=1S/C32H67N/c1-6-11-14-15-20-23-28-33(30-32(10-5)26-13-8-3)29-24-21-18-16-17-19-22-27-31(9-4)25-12-7-2/h31-32H,6-30H2,1-5H3. The van der Waals surface area contributed by atoms with Crippen LogP contribution in [0.5, 0.6) is 0 Å². The van der Waals surface area contributed by atoms with E-state index in [2.05, 4.69) is 39.5 Å². The van der Waals surface area contributed by atoms with E-state index >= 15 is 0 Å². The Bertz CT molecular complexity index is 352. The van der Waals surface area contributed by atoms with Gasteiger partial charge in [-0.2, -0.15) is 0 Å². The van der Waals surface area contributed by atoms with Gasteiger partial charge in [-0.1, -0.05) is 157 Å². The van der Waals surface area contributed by atoms with Gasteiger partial charge in [-0.25, -0.2) is 0 Å². The third kappa shape index (κ3) is 22.2. The van der Waals surface area contributed by atoms with E-state index in [4.69, 9.17) is 0 Å². The third-order valence-electron chi connectivity index (χ3n) is 8.02. The van der Waals surface area contributed by atoms with Gasteiger partial charge < -0.3 is 4.90 Å². The Labute approximate surface area is 212 Å². The Balaban J connectivity index is 3.99. The van der Waals surface area contributed by atoms with Crippen LogP contribution in [-0.2, 0) is 0 Å². The predicted molar refractivity (Wildman–Crippen MR) is 153 cm³/mol. The molecule has 0 saturated heterocycles. The molecule has 0 heterocycles. The summed E-state index contributed by atoms with van der Waals surface area (Å²) in [5.74, 6) is 1.93. The molecular weight excluding hydrogens is 398 g/mol. The molecule has 33 heavy (non-hydrogen) atoms. The first-order valence-corrected chi connectivity index (χ1v) is 15.9. The van der Waals surface area contributed by atoms with Crippen molar-refractivity contribution in [3.63, 3.8) is 0 Å². The maximum absolute atomic E-state index is 2.85. The normalized spacial score (nSPS) is 13.6. The molecule has 1 nitrogen and oxygen atoms in total. The molecule has 0 aliphatic rings. The van der Waals surface area contributed by atoms with Crippen LogP contribution in [0.15, 0.2) is 0 Å². The van der Waals surface area contributed by atoms with Crippen molar-refractivity contribution in [2.24, 2.45) is 11.8 Å². The molecule has 0 aliphatic heterocycles. The molecule has 0 rings (SSSR count). The lowest BCUT2D eigenvalue weighted by Gasteiger charge is -2.27. The first-order valence-electron chi connectivity index (χ1n) is 15.9. The van der Waals surface area contributed by atoms with Crippen LogP contribution in [0.25, 0.3) is 0 Å². The zero-order chi connectivity index (χ0) is 24.4. The van der Waals surface area contributed by atoms with E-state index in [9.17, 15) is 0 Å². The molecular formula is C32H67N. The van der Waals surface area contributed by atoms with Gasteiger partial charge in [0.05, 0.1) is 0 Å². The lowest BCUT2D eigenvalue weighted by Crippen LogP contribution is -2.31. The highest BCUT2D eigenvalue weighted by Crippen LogP contribution is 2.21. The number of rotatable bonds is 27. The summed E-state index contributed by atoms with van der Waals surface area (Å²) in [6.45, 7) is 15.9. The smallest absolute Gasteiger partial charge is 0.000955 e. The topological polar surface area (TPSA) is 3.24 Å². The monoisotopic (exact) mass is 466 g/mol. The van der Waals surface area contributed by atoms with E-state index in [1.54, 1.807) is 0 Å². The minimum atomic E-state index is 0.925. The second kappa shape index (κ2) is 26.6. The molecule has 0 aromatic carbocycles. The Morgan fingerprint density at radius 3 is 1.27 bits per heavy atom. The average molecular weight is 466 g/mol. The molecule has 2 unspecified atom stereocenters. The van der Waals surface area contributed by atoms with Crippen LogP contribution in [0.1, 0.15) is 176 Å². The zero-order valence-corrected chi connectivity index (χ0v) is 24.3. The molecule has 2 atom stereocenters. The van der Waals surface area contributed by atoms with Gasteiger partial charge in [0.15, 0.2) is 0 Å². The van der Waals surface area contributed by atoms with Crippen LogP contribution in [0.3, 0.4) is 0 Å². The summed E-state index contributed by atoms with van der Waals surface area (Å²) < 4.78 is 0. The van der Waals surface area contributed by atoms with Gasteiger partial charge in [-0.05, 0) is 44.2 Å². The first-order chi connectivity index (χ1) is 16.2. The minimum absolute atomic E-state index is 0.925. The van der Waals surface area contributed by atoms with Crippen molar-refractivity contribution in [3.8, 4) is 0 Å². The molecule has 0 aromatic heterocycles. The Kier molecular flexibility index (Phi) is 26.5. The Hall–Kier alpha value is -0.0400. The number of hydrogen-bond acceptors (Lipinski definition) is 1. The van der Waals surface area contributed by atoms with Crippen LogP contribution in [0.4, 0.5) is 0 Å². The highest BCUT2D eigenvalue weighted by molar-refractivity contribution is 4.67. The summed E-state index contributed by atoms with van der Waals surface area (Å²) in [7, 11) is 0. The summed E-state index contributed by atoms with van der Waals surface area (Å²) in [6, 6.07) is 0. The molecule has 0 radical (unpaired) electrons. The lowest BCUT2D eigenvalue weighted by molar-refractivity contribution is 0.210. The lowest BCUT2D eigenvalue weighted by atomic mass is 9.93. The van der Waals surface area contributed by atoms with Gasteiger partial charge in [0, 0.05) is 6.54 Å². The summed E-state index contributed by atoms with van der Waals surface area (Å²) >= 11 is 0. The fourth-order valence-corrected chi connectivity index (χ4v) is 5.39. The highest BCUT2D eigenvalue weighted by Gasteiger charge is 2.12. The second-order valence-corrected chi connectivity index (χ2v) is 11.2. The van der Waals surface area contributed by atoms with Crippen molar-refractivity contribution in [3.05, 3.63) is 0 Å². The molecule has 0 saturated carbocycles. The third-order valence-corrected chi connectivity index (χ3v) is 8.02. The van der Waals surface area contributed by atoms with Gasteiger partial charge in [0.1, 0.15) is 0 Å². The molecule has 1 heteroatoms. The minimum Gasteiger partial charge on any atom is -0.303 e. The maximum Gasteiger partial charge on any atom is 0.000955 e. The molecule has 0 aliphatic carbocycles. The van der Waals surface area contributed by atoms with Crippen molar-refractivity contribution in [1.82, 2.24) is 4.90 Å². The molecule has 0 amide bonds. The number of nitrogens with zero attached hydrogens (tertiary/aromatic N) is 1. The van der Waals surface area contributed by atoms with Crippen molar-refractivity contribution in [1.29, 1.82) is 0 Å². The van der Waals surface area contributed by atoms with Crippen molar-refractivity contribution in [2.45, 2.75) is 176 Å². The van der Waals surface area contributed by atoms with E-state index < -0.39 is 0 Å². The van der Waals surface area contributed by atoms with Gasteiger partial charge in [0.25, 0.3) is 0 Å². The maximum atomic E-state index is 2.85. The van der Waals surface area contributed by atoms with Crippen LogP contribution in [-0.4, -0.2) is 24.5 Å². The van der Waals surface area contributed by atoms with Crippen molar-refractivity contribution in [2.75, 3.05) is 19.6 Å². The number of unbranched alkanes of at least 4 members (excludes halogenated alkanes) is 13. The largest absolute Gasteiger partial charge is 0.303 e. The van der Waals surface area contributed by atoms with E-state index in [-0.39, 0.29) is 0 Å². The van der Waals surface area contributed by atoms with Crippen LogP contribution >= 0.6 is 0 Å². The van der Waals surface area contributed by atoms with Crippen LogP contribution in [0, 0.1) is 11.8 Å². The second-order valence-electron chi connectivity index (χ2n) is 11.2. The molecule has 200 valence electrons. The van der Waals surface area contributed by atoms with Crippen molar-refractivity contribution < 1.29 is 0 Å². The number of hydrogen-bond donors (Lipinski definition) is 0. The fourth-order valence-electron chi connectivity index (χ4n) is 5.39.